The highest BCUT2D eigenvalue weighted by Crippen LogP contribution is 2.40. The van der Waals surface area contributed by atoms with E-state index in [9.17, 15) is 30.7 Å². The van der Waals surface area contributed by atoms with Gasteiger partial charge in [0, 0.05) is 16.5 Å². The van der Waals surface area contributed by atoms with Crippen molar-refractivity contribution in [3.05, 3.63) is 89.5 Å². The lowest BCUT2D eigenvalue weighted by Gasteiger charge is -2.28. The van der Waals surface area contributed by atoms with Crippen LogP contribution in [0.15, 0.2) is 76.5 Å². The first kappa shape index (κ1) is 24.6. The maximum Gasteiger partial charge on any atom is 0.269 e. The second-order valence-electron chi connectivity index (χ2n) is 7.91. The van der Waals surface area contributed by atoms with Gasteiger partial charge in [-0.3, -0.25) is 0 Å². The van der Waals surface area contributed by atoms with Crippen molar-refractivity contribution in [2.24, 2.45) is 5.14 Å². The first-order chi connectivity index (χ1) is 16.3. The molecule has 0 spiro atoms. The Morgan fingerprint density at radius 2 is 1.34 bits per heavy atom. The molecule has 0 radical (unpaired) electrons. The van der Waals surface area contributed by atoms with E-state index in [1.54, 1.807) is 0 Å². The van der Waals surface area contributed by atoms with Crippen LogP contribution >= 0.6 is 0 Å². The summed E-state index contributed by atoms with van der Waals surface area (Å²) in [5, 5.41) is 15.5. The molecule has 35 heavy (non-hydrogen) atoms. The summed E-state index contributed by atoms with van der Waals surface area (Å²) in [6, 6.07) is 13.4. The molecule has 4 aromatic carbocycles. The van der Waals surface area contributed by atoms with Gasteiger partial charge >= 0.3 is 0 Å². The van der Waals surface area contributed by atoms with Crippen LogP contribution in [0.1, 0.15) is 11.1 Å². The Kier molecular flexibility index (Phi) is 6.04. The molecular weight excluding hydrogens is 498 g/mol. The molecule has 0 heterocycles. The van der Waals surface area contributed by atoms with Crippen molar-refractivity contribution in [2.75, 3.05) is 4.31 Å². The highest BCUT2D eigenvalue weighted by molar-refractivity contribution is 7.93. The number of hydrogen-bond donors (Lipinski definition) is 2. The monoisotopic (exact) mass is 518 g/mol. The van der Waals surface area contributed by atoms with E-state index in [2.05, 4.69) is 0 Å². The third kappa shape index (κ3) is 4.33. The van der Waals surface area contributed by atoms with Gasteiger partial charge < -0.3 is 5.11 Å². The maximum atomic E-state index is 14.5. The summed E-state index contributed by atoms with van der Waals surface area (Å²) in [6.45, 7) is 2.74. The summed E-state index contributed by atoms with van der Waals surface area (Å²) in [5.41, 5.74) is -0.273. The molecule has 7 nitrogen and oxygen atoms in total. The van der Waals surface area contributed by atoms with Gasteiger partial charge in [0.15, 0.2) is 0 Å². The number of hydrogen-bond acceptors (Lipinski definition) is 5. The smallest absolute Gasteiger partial charge is 0.269 e. The molecule has 0 saturated heterocycles. The normalized spacial score (nSPS) is 12.1. The van der Waals surface area contributed by atoms with E-state index >= 15 is 0 Å². The maximum absolute atomic E-state index is 14.5. The zero-order chi connectivity index (χ0) is 25.7. The standard InChI is InChI=1S/C24H20F2N2O5S2/c1-14-20(25)5-3-7-22(14)28(23-8-4-6-21(26)15(23)2)35(32,33)24-13-18(34(27,30)31)11-16-9-10-17(29)12-19(16)24/h3-13,29H,1-2H3,(H2,27,30,31). The highest BCUT2D eigenvalue weighted by Gasteiger charge is 2.33. The molecule has 4 aromatic rings. The predicted molar refractivity (Wildman–Crippen MR) is 129 cm³/mol. The van der Waals surface area contributed by atoms with Crippen LogP contribution in [0.3, 0.4) is 0 Å². The summed E-state index contributed by atoms with van der Waals surface area (Å²) in [4.78, 5) is -1.01. The quantitative estimate of drug-likeness (QED) is 0.400. The van der Waals surface area contributed by atoms with Crippen LogP contribution in [0, 0.1) is 25.5 Å². The van der Waals surface area contributed by atoms with Gasteiger partial charge in [0.2, 0.25) is 10.0 Å². The second kappa shape index (κ2) is 8.59. The number of primary sulfonamides is 1. The Labute approximate surface area is 201 Å². The van der Waals surface area contributed by atoms with Crippen molar-refractivity contribution in [3.63, 3.8) is 0 Å². The molecule has 0 bridgehead atoms. The van der Waals surface area contributed by atoms with Crippen molar-refractivity contribution in [3.8, 4) is 5.75 Å². The van der Waals surface area contributed by atoms with Crippen molar-refractivity contribution in [2.45, 2.75) is 23.6 Å². The highest BCUT2D eigenvalue weighted by atomic mass is 32.2. The van der Waals surface area contributed by atoms with Gasteiger partial charge in [-0.05, 0) is 67.8 Å². The summed E-state index contributed by atoms with van der Waals surface area (Å²) in [7, 11) is -9.08. The van der Waals surface area contributed by atoms with Crippen molar-refractivity contribution < 1.29 is 30.7 Å². The molecule has 0 aliphatic heterocycles. The zero-order valence-electron chi connectivity index (χ0n) is 18.5. The molecule has 0 amide bonds. The molecule has 0 aromatic heterocycles. The number of fused-ring (bicyclic) bond motifs is 1. The van der Waals surface area contributed by atoms with Gasteiger partial charge in [0.1, 0.15) is 17.4 Å². The van der Waals surface area contributed by atoms with Crippen LogP contribution in [0.2, 0.25) is 0 Å². The van der Waals surface area contributed by atoms with Crippen molar-refractivity contribution >= 4 is 42.2 Å². The number of phenolic OH excluding ortho intramolecular Hbond substituents is 1. The topological polar surface area (TPSA) is 118 Å². The molecule has 0 fully saturated rings. The second-order valence-corrected chi connectivity index (χ2v) is 11.2. The first-order valence-electron chi connectivity index (χ1n) is 10.2. The number of nitrogens with two attached hydrogens (primary N) is 1. The Bertz CT molecular complexity index is 1650. The molecule has 4 rings (SSSR count). The van der Waals surface area contributed by atoms with Gasteiger partial charge in [-0.1, -0.05) is 18.2 Å². The van der Waals surface area contributed by atoms with Gasteiger partial charge in [0.05, 0.1) is 21.2 Å². The number of halogens is 2. The number of rotatable bonds is 5. The van der Waals surface area contributed by atoms with Crippen LogP contribution in [-0.2, 0) is 20.0 Å². The minimum Gasteiger partial charge on any atom is -0.508 e. The van der Waals surface area contributed by atoms with Crippen LogP contribution in [0.4, 0.5) is 20.2 Å². The predicted octanol–water partition coefficient (Wildman–Crippen LogP) is 4.61. The van der Waals surface area contributed by atoms with Crippen molar-refractivity contribution in [1.82, 2.24) is 0 Å². The van der Waals surface area contributed by atoms with Gasteiger partial charge in [-0.15, -0.1) is 0 Å². The van der Waals surface area contributed by atoms with E-state index < -0.39 is 41.5 Å². The Morgan fingerprint density at radius 3 is 1.86 bits per heavy atom. The minimum absolute atomic E-state index is 0.00878. The lowest BCUT2D eigenvalue weighted by Crippen LogP contribution is -2.28. The Balaban J connectivity index is 2.16. The number of benzene rings is 4. The number of nitrogens with zero attached hydrogens (tertiary/aromatic N) is 1. The average Bonchev–Trinajstić information content (AvgIpc) is 2.78. The number of phenols is 1. The van der Waals surface area contributed by atoms with E-state index in [0.717, 1.165) is 28.6 Å². The van der Waals surface area contributed by atoms with E-state index in [0.29, 0.717) is 0 Å². The van der Waals surface area contributed by atoms with Crippen LogP contribution in [-0.4, -0.2) is 21.9 Å². The lowest BCUT2D eigenvalue weighted by molar-refractivity contribution is 0.476. The molecule has 0 atom stereocenters. The van der Waals surface area contributed by atoms with Gasteiger partial charge in [0.25, 0.3) is 10.0 Å². The molecular formula is C24H20F2N2O5S2. The Morgan fingerprint density at radius 1 is 0.800 bits per heavy atom. The van der Waals surface area contributed by atoms with E-state index in [-0.39, 0.29) is 39.0 Å². The number of sulfonamides is 2. The van der Waals surface area contributed by atoms with Crippen LogP contribution < -0.4 is 9.44 Å². The number of anilines is 2. The molecule has 3 N–H and O–H groups in total. The summed E-state index contributed by atoms with van der Waals surface area (Å²) in [6.07, 6.45) is 0. The fraction of sp³-hybridized carbons (Fsp3) is 0.0833. The summed E-state index contributed by atoms with van der Waals surface area (Å²) >= 11 is 0. The van der Waals surface area contributed by atoms with Gasteiger partial charge in [-0.25, -0.2) is 35.1 Å². The third-order valence-electron chi connectivity index (χ3n) is 5.64. The molecule has 0 saturated carbocycles. The van der Waals surface area contributed by atoms with E-state index in [1.165, 1.54) is 56.3 Å². The van der Waals surface area contributed by atoms with Crippen LogP contribution in [0.5, 0.6) is 5.75 Å². The zero-order valence-corrected chi connectivity index (χ0v) is 20.2. The SMILES string of the molecule is Cc1c(F)cccc1N(c1cccc(F)c1C)S(=O)(=O)c1cc(S(N)(=O)=O)cc2ccc(O)cc12. The van der Waals surface area contributed by atoms with E-state index in [4.69, 9.17) is 5.14 Å². The minimum atomic E-state index is -4.74. The molecule has 11 heteroatoms. The molecule has 0 aliphatic carbocycles. The lowest BCUT2D eigenvalue weighted by atomic mass is 10.1. The first-order valence-corrected chi connectivity index (χ1v) is 13.2. The van der Waals surface area contributed by atoms with Crippen molar-refractivity contribution in [1.29, 1.82) is 0 Å². The molecule has 0 unspecified atom stereocenters. The molecule has 182 valence electrons. The fourth-order valence-electron chi connectivity index (χ4n) is 3.78. The van der Waals surface area contributed by atoms with Crippen LogP contribution in [0.25, 0.3) is 10.8 Å². The van der Waals surface area contributed by atoms with E-state index in [1.807, 2.05) is 0 Å². The molecule has 0 aliphatic rings. The Hall–Kier alpha value is -3.54. The average molecular weight is 519 g/mol. The van der Waals surface area contributed by atoms with Gasteiger partial charge in [-0.2, -0.15) is 0 Å². The largest absolute Gasteiger partial charge is 0.508 e. The summed E-state index contributed by atoms with van der Waals surface area (Å²) < 4.78 is 82.6. The number of aromatic hydroxyl groups is 1. The fourth-order valence-corrected chi connectivity index (χ4v) is 6.27. The summed E-state index contributed by atoms with van der Waals surface area (Å²) in [5.74, 6) is -1.66. The third-order valence-corrected chi connectivity index (χ3v) is 8.30.